The van der Waals surface area contributed by atoms with Gasteiger partial charge in [-0.25, -0.2) is 9.97 Å². The van der Waals surface area contributed by atoms with E-state index in [-0.39, 0.29) is 23.7 Å². The smallest absolute Gasteiger partial charge is 0.261 e. The lowest BCUT2D eigenvalue weighted by Crippen LogP contribution is -2.22. The zero-order valence-electron chi connectivity index (χ0n) is 22.5. The van der Waals surface area contributed by atoms with E-state index in [0.29, 0.717) is 23.5 Å². The molecule has 5 aromatic rings. The van der Waals surface area contributed by atoms with Gasteiger partial charge in [0.1, 0.15) is 22.7 Å². The number of benzene rings is 2. The molecule has 3 aromatic heterocycles. The van der Waals surface area contributed by atoms with Crippen molar-refractivity contribution in [3.63, 3.8) is 0 Å². The van der Waals surface area contributed by atoms with Crippen molar-refractivity contribution >= 4 is 22.9 Å². The first-order chi connectivity index (χ1) is 18.7. The second kappa shape index (κ2) is 10.7. The number of aliphatic imine (C=N–C) groups is 1. The predicted octanol–water partition coefficient (Wildman–Crippen LogP) is 5.14. The van der Waals surface area contributed by atoms with Gasteiger partial charge in [0.05, 0.1) is 29.7 Å². The summed E-state index contributed by atoms with van der Waals surface area (Å²) in [5, 5.41) is 10.0. The molecule has 0 radical (unpaired) electrons. The monoisotopic (exact) mass is 524 g/mol. The zero-order chi connectivity index (χ0) is 27.6. The summed E-state index contributed by atoms with van der Waals surface area (Å²) in [6, 6.07) is 13.6. The number of ether oxygens (including phenoxy) is 1. The Balaban J connectivity index is 1.41. The van der Waals surface area contributed by atoms with Gasteiger partial charge < -0.3 is 24.4 Å². The molecular formula is C30H32N6O3. The van der Waals surface area contributed by atoms with Crippen LogP contribution >= 0.6 is 0 Å². The van der Waals surface area contributed by atoms with Crippen LogP contribution in [0, 0.1) is 12.8 Å². The Kier molecular flexibility index (Phi) is 7.17. The van der Waals surface area contributed by atoms with Crippen LogP contribution in [0.1, 0.15) is 31.9 Å². The Morgan fingerprint density at radius 1 is 1.18 bits per heavy atom. The van der Waals surface area contributed by atoms with E-state index in [2.05, 4.69) is 19.9 Å². The van der Waals surface area contributed by atoms with Gasteiger partial charge in [0.15, 0.2) is 0 Å². The fraction of sp³-hybridized carbons (Fsp3) is 0.267. The van der Waals surface area contributed by atoms with Gasteiger partial charge in [-0.2, -0.15) is 0 Å². The molecule has 0 amide bonds. The first-order valence-electron chi connectivity index (χ1n) is 12.8. The summed E-state index contributed by atoms with van der Waals surface area (Å²) in [5.41, 5.74) is 4.78. The predicted molar refractivity (Wildman–Crippen MR) is 153 cm³/mol. The van der Waals surface area contributed by atoms with Crippen LogP contribution in [0.3, 0.4) is 0 Å². The van der Waals surface area contributed by atoms with Gasteiger partial charge in [0, 0.05) is 36.4 Å². The summed E-state index contributed by atoms with van der Waals surface area (Å²) in [7, 11) is 0. The van der Waals surface area contributed by atoms with Crippen molar-refractivity contribution in [2.24, 2.45) is 10.9 Å². The molecule has 0 bridgehead atoms. The molecule has 9 nitrogen and oxygen atoms in total. The quantitative estimate of drug-likeness (QED) is 0.243. The van der Waals surface area contributed by atoms with Crippen molar-refractivity contribution in [3.05, 3.63) is 88.9 Å². The summed E-state index contributed by atoms with van der Waals surface area (Å²) in [6.45, 7) is 7.92. The van der Waals surface area contributed by atoms with Crippen LogP contribution < -0.4 is 10.3 Å². The standard InChI is InChI=1S/C30H32N6O3/c1-19-13-22(36-12-11-31-18-36)15-25-27(19)35-28(34-25)26-24(9-10-32-29(26)38)33-16-21(17-37)14-20-5-7-23(8-6-20)39-30(2,3)4/h5-13,15-16,18,21,37H,14,17H2,1-4H3,(H,32,38)(H,34,35). The number of aliphatic hydroxyl groups is 1. The van der Waals surface area contributed by atoms with Gasteiger partial charge in [-0.15, -0.1) is 0 Å². The molecule has 0 aliphatic carbocycles. The Hall–Kier alpha value is -4.50. The van der Waals surface area contributed by atoms with Crippen LogP contribution in [-0.2, 0) is 6.42 Å². The molecule has 0 saturated heterocycles. The number of nitrogens with one attached hydrogen (secondary N) is 2. The topological polar surface area (TPSA) is 121 Å². The van der Waals surface area contributed by atoms with E-state index in [1.165, 1.54) is 0 Å². The SMILES string of the molecule is Cc1cc(-n2ccnc2)cc2[nH]c(-c3c(N=CC(CO)Cc4ccc(OC(C)(C)C)cc4)cc[nH]c3=O)nc12. The van der Waals surface area contributed by atoms with Gasteiger partial charge in [0.25, 0.3) is 5.56 Å². The fourth-order valence-electron chi connectivity index (χ4n) is 4.46. The maximum absolute atomic E-state index is 12.9. The molecule has 2 aromatic carbocycles. The van der Waals surface area contributed by atoms with Crippen LogP contribution in [0.4, 0.5) is 5.69 Å². The van der Waals surface area contributed by atoms with Crippen molar-refractivity contribution in [1.82, 2.24) is 24.5 Å². The number of pyridine rings is 1. The van der Waals surface area contributed by atoms with Gasteiger partial charge in [-0.3, -0.25) is 9.79 Å². The van der Waals surface area contributed by atoms with E-state index in [1.54, 1.807) is 31.0 Å². The molecule has 0 aliphatic heterocycles. The molecule has 1 unspecified atom stereocenters. The molecule has 0 aliphatic rings. The highest BCUT2D eigenvalue weighted by molar-refractivity contribution is 5.86. The van der Waals surface area contributed by atoms with E-state index in [9.17, 15) is 9.90 Å². The lowest BCUT2D eigenvalue weighted by Gasteiger charge is -2.21. The van der Waals surface area contributed by atoms with Crippen LogP contribution in [0.5, 0.6) is 5.75 Å². The average Bonchev–Trinajstić information content (AvgIpc) is 3.57. The first-order valence-corrected chi connectivity index (χ1v) is 12.8. The Bertz CT molecular complexity index is 1660. The zero-order valence-corrected chi connectivity index (χ0v) is 22.5. The Morgan fingerprint density at radius 2 is 1.97 bits per heavy atom. The second-order valence-electron chi connectivity index (χ2n) is 10.6. The van der Waals surface area contributed by atoms with Gasteiger partial charge in [-0.05, 0) is 75.6 Å². The minimum atomic E-state index is -0.300. The Labute approximate surface area is 226 Å². The number of H-pyrrole nitrogens is 2. The number of aryl methyl sites for hydroxylation is 1. The summed E-state index contributed by atoms with van der Waals surface area (Å²) >= 11 is 0. The van der Waals surface area contributed by atoms with Crippen molar-refractivity contribution < 1.29 is 9.84 Å². The molecule has 0 spiro atoms. The molecular weight excluding hydrogens is 492 g/mol. The van der Waals surface area contributed by atoms with Crippen molar-refractivity contribution in [1.29, 1.82) is 0 Å². The largest absolute Gasteiger partial charge is 0.488 e. The van der Waals surface area contributed by atoms with Gasteiger partial charge >= 0.3 is 0 Å². The number of rotatable bonds is 8. The third-order valence-corrected chi connectivity index (χ3v) is 6.24. The third kappa shape index (κ3) is 5.99. The highest BCUT2D eigenvalue weighted by atomic mass is 16.5. The lowest BCUT2D eigenvalue weighted by molar-refractivity contribution is 0.131. The highest BCUT2D eigenvalue weighted by Crippen LogP contribution is 2.29. The minimum absolute atomic E-state index is 0.0802. The molecule has 5 rings (SSSR count). The van der Waals surface area contributed by atoms with E-state index in [0.717, 1.165) is 33.6 Å². The summed E-state index contributed by atoms with van der Waals surface area (Å²) in [4.78, 5) is 32.4. The highest BCUT2D eigenvalue weighted by Gasteiger charge is 2.17. The number of fused-ring (bicyclic) bond motifs is 1. The number of aromatic nitrogens is 5. The fourth-order valence-corrected chi connectivity index (χ4v) is 4.46. The second-order valence-corrected chi connectivity index (χ2v) is 10.6. The molecule has 0 fully saturated rings. The minimum Gasteiger partial charge on any atom is -0.488 e. The molecule has 1 atom stereocenters. The normalized spacial score (nSPS) is 12.8. The van der Waals surface area contributed by atoms with Crippen LogP contribution in [0.25, 0.3) is 28.1 Å². The molecule has 0 saturated carbocycles. The van der Waals surface area contributed by atoms with Crippen molar-refractivity contribution in [2.75, 3.05) is 6.61 Å². The molecule has 3 heterocycles. The molecule has 200 valence electrons. The summed E-state index contributed by atoms with van der Waals surface area (Å²) < 4.78 is 7.81. The maximum atomic E-state index is 12.9. The van der Waals surface area contributed by atoms with Crippen molar-refractivity contribution in [2.45, 2.75) is 39.7 Å². The molecule has 9 heteroatoms. The molecule has 39 heavy (non-hydrogen) atoms. The maximum Gasteiger partial charge on any atom is 0.261 e. The lowest BCUT2D eigenvalue weighted by atomic mass is 10.0. The van der Waals surface area contributed by atoms with E-state index < -0.39 is 0 Å². The number of imidazole rings is 2. The van der Waals surface area contributed by atoms with Gasteiger partial charge in [0.2, 0.25) is 0 Å². The number of aliphatic hydroxyl groups excluding tert-OH is 1. The summed E-state index contributed by atoms with van der Waals surface area (Å²) in [5.74, 6) is 0.994. The van der Waals surface area contributed by atoms with E-state index >= 15 is 0 Å². The Morgan fingerprint density at radius 3 is 2.67 bits per heavy atom. The molecule has 3 N–H and O–H groups in total. The van der Waals surface area contributed by atoms with Crippen LogP contribution in [0.2, 0.25) is 0 Å². The number of hydrogen-bond acceptors (Lipinski definition) is 6. The van der Waals surface area contributed by atoms with Crippen LogP contribution in [-0.4, -0.2) is 48.0 Å². The van der Waals surface area contributed by atoms with Crippen LogP contribution in [0.15, 0.2) is 77.2 Å². The van der Waals surface area contributed by atoms with Gasteiger partial charge in [-0.1, -0.05) is 12.1 Å². The van der Waals surface area contributed by atoms with Crippen molar-refractivity contribution in [3.8, 4) is 22.8 Å². The third-order valence-electron chi connectivity index (χ3n) is 6.24. The van der Waals surface area contributed by atoms with E-state index in [4.69, 9.17) is 9.72 Å². The summed E-state index contributed by atoms with van der Waals surface area (Å²) in [6.07, 6.45) is 9.18. The van der Waals surface area contributed by atoms with E-state index in [1.807, 2.05) is 74.9 Å². The average molecular weight is 525 g/mol. The number of nitrogens with zero attached hydrogens (tertiary/aromatic N) is 4. The number of hydrogen-bond donors (Lipinski definition) is 3. The first kappa shape index (κ1) is 26.1. The number of aromatic amines is 2.